The van der Waals surface area contributed by atoms with Crippen molar-refractivity contribution in [3.05, 3.63) is 47.2 Å². The normalized spacial score (nSPS) is 10.3. The summed E-state index contributed by atoms with van der Waals surface area (Å²) in [5, 5.41) is 0.324. The van der Waals surface area contributed by atoms with Crippen LogP contribution in [0, 0.1) is 0 Å². The van der Waals surface area contributed by atoms with E-state index in [1.807, 2.05) is 13.8 Å². The largest absolute Gasteiger partial charge is 0.456 e. The van der Waals surface area contributed by atoms with Crippen molar-refractivity contribution in [1.82, 2.24) is 9.88 Å². The van der Waals surface area contributed by atoms with Gasteiger partial charge in [0.05, 0.1) is 5.56 Å². The molecule has 0 aliphatic carbocycles. The summed E-state index contributed by atoms with van der Waals surface area (Å²) >= 11 is 5.85. The van der Waals surface area contributed by atoms with Crippen LogP contribution in [0.5, 0.6) is 11.5 Å². The van der Waals surface area contributed by atoms with E-state index in [0.29, 0.717) is 40.8 Å². The molecule has 1 heterocycles. The van der Waals surface area contributed by atoms with Crippen molar-refractivity contribution in [2.24, 2.45) is 0 Å². The summed E-state index contributed by atoms with van der Waals surface area (Å²) in [6, 6.07) is 8.26. The predicted molar refractivity (Wildman–Crippen MR) is 88.4 cm³/mol. The smallest absolute Gasteiger partial charge is 0.257 e. The van der Waals surface area contributed by atoms with Crippen molar-refractivity contribution in [3.63, 3.8) is 0 Å². The van der Waals surface area contributed by atoms with Crippen LogP contribution in [-0.4, -0.2) is 36.7 Å². The number of nitrogens with zero attached hydrogens (tertiary/aromatic N) is 2. The Hall–Kier alpha value is -2.01. The molecular formula is C16H16BClN2O2. The van der Waals surface area contributed by atoms with Crippen LogP contribution in [0.15, 0.2) is 36.5 Å². The number of hydrogen-bond donors (Lipinski definition) is 0. The number of halogens is 1. The van der Waals surface area contributed by atoms with Gasteiger partial charge in [-0.05, 0) is 26.0 Å². The molecule has 0 aliphatic rings. The molecule has 0 fully saturated rings. The zero-order valence-corrected chi connectivity index (χ0v) is 13.3. The Bertz CT molecular complexity index is 675. The molecule has 1 aromatic heterocycles. The molecule has 0 atom stereocenters. The van der Waals surface area contributed by atoms with Crippen LogP contribution in [0.1, 0.15) is 24.2 Å². The summed E-state index contributed by atoms with van der Waals surface area (Å²) in [4.78, 5) is 18.2. The third-order valence-electron chi connectivity index (χ3n) is 3.21. The quantitative estimate of drug-likeness (QED) is 0.629. The van der Waals surface area contributed by atoms with Gasteiger partial charge in [0.25, 0.3) is 5.91 Å². The van der Waals surface area contributed by atoms with Gasteiger partial charge < -0.3 is 9.64 Å². The fourth-order valence-electron chi connectivity index (χ4n) is 2.06. The fourth-order valence-corrected chi connectivity index (χ4v) is 2.22. The molecule has 0 saturated carbocycles. The van der Waals surface area contributed by atoms with Gasteiger partial charge in [-0.3, -0.25) is 4.79 Å². The van der Waals surface area contributed by atoms with Crippen molar-refractivity contribution < 1.29 is 9.53 Å². The van der Waals surface area contributed by atoms with E-state index in [-0.39, 0.29) is 5.91 Å². The van der Waals surface area contributed by atoms with Crippen LogP contribution in [0.4, 0.5) is 0 Å². The lowest BCUT2D eigenvalue weighted by atomic mass is 9.93. The van der Waals surface area contributed by atoms with Crippen LogP contribution in [0.2, 0.25) is 5.15 Å². The number of rotatable bonds is 5. The molecule has 22 heavy (non-hydrogen) atoms. The van der Waals surface area contributed by atoms with Crippen LogP contribution >= 0.6 is 11.6 Å². The molecule has 2 rings (SSSR count). The maximum atomic E-state index is 12.6. The van der Waals surface area contributed by atoms with Gasteiger partial charge in [0.2, 0.25) is 0 Å². The van der Waals surface area contributed by atoms with Gasteiger partial charge in [-0.15, -0.1) is 0 Å². The third kappa shape index (κ3) is 3.80. The molecule has 1 aromatic carbocycles. The Balaban J connectivity index is 2.37. The Morgan fingerprint density at radius 3 is 2.64 bits per heavy atom. The highest BCUT2D eigenvalue weighted by Gasteiger charge is 2.18. The minimum atomic E-state index is -0.118. The zero-order chi connectivity index (χ0) is 16.1. The van der Waals surface area contributed by atoms with E-state index in [1.165, 1.54) is 0 Å². The van der Waals surface area contributed by atoms with Gasteiger partial charge in [-0.25, -0.2) is 4.98 Å². The number of aromatic nitrogens is 1. The van der Waals surface area contributed by atoms with Crippen LogP contribution in [0.3, 0.4) is 0 Å². The summed E-state index contributed by atoms with van der Waals surface area (Å²) in [6.45, 7) is 5.09. The number of carbonyl (C=O) groups is 1. The second-order valence-electron chi connectivity index (χ2n) is 4.65. The summed E-state index contributed by atoms with van der Waals surface area (Å²) in [5.74, 6) is 0.833. The number of carbonyl (C=O) groups excluding carboxylic acids is 1. The summed E-state index contributed by atoms with van der Waals surface area (Å²) < 4.78 is 5.78. The van der Waals surface area contributed by atoms with Gasteiger partial charge in [0.15, 0.2) is 0 Å². The number of pyridine rings is 1. The lowest BCUT2D eigenvalue weighted by Gasteiger charge is -2.20. The first-order valence-electron chi connectivity index (χ1n) is 7.03. The molecule has 0 aliphatic heterocycles. The van der Waals surface area contributed by atoms with Gasteiger partial charge in [-0.1, -0.05) is 29.2 Å². The molecule has 112 valence electrons. The zero-order valence-electron chi connectivity index (χ0n) is 12.5. The Labute approximate surface area is 136 Å². The second-order valence-corrected chi connectivity index (χ2v) is 5.04. The second kappa shape index (κ2) is 7.32. The molecule has 4 nitrogen and oxygen atoms in total. The minimum Gasteiger partial charge on any atom is -0.456 e. The molecule has 0 bridgehead atoms. The molecule has 1 amide bonds. The van der Waals surface area contributed by atoms with E-state index in [4.69, 9.17) is 24.2 Å². The fraction of sp³-hybridized carbons (Fsp3) is 0.250. The third-order valence-corrected chi connectivity index (χ3v) is 3.42. The van der Waals surface area contributed by atoms with Crippen LogP contribution in [-0.2, 0) is 0 Å². The van der Waals surface area contributed by atoms with Crippen molar-refractivity contribution in [1.29, 1.82) is 0 Å². The summed E-state index contributed by atoms with van der Waals surface area (Å²) in [7, 11) is 5.81. The Morgan fingerprint density at radius 1 is 1.27 bits per heavy atom. The molecule has 2 radical (unpaired) electrons. The highest BCUT2D eigenvalue weighted by molar-refractivity contribution is 6.32. The van der Waals surface area contributed by atoms with Crippen molar-refractivity contribution in [2.75, 3.05) is 13.1 Å². The van der Waals surface area contributed by atoms with Crippen LogP contribution < -0.4 is 10.2 Å². The number of amides is 1. The molecule has 0 N–H and O–H groups in total. The van der Waals surface area contributed by atoms with E-state index in [1.54, 1.807) is 41.4 Å². The maximum absolute atomic E-state index is 12.6. The minimum absolute atomic E-state index is 0.118. The molecule has 0 unspecified atom stereocenters. The highest BCUT2D eigenvalue weighted by atomic mass is 35.5. The Morgan fingerprint density at radius 2 is 2.00 bits per heavy atom. The molecule has 0 spiro atoms. The molecule has 0 saturated heterocycles. The first kappa shape index (κ1) is 16.4. The number of hydrogen-bond acceptors (Lipinski definition) is 3. The van der Waals surface area contributed by atoms with Crippen molar-refractivity contribution in [2.45, 2.75) is 13.8 Å². The predicted octanol–water partition coefficient (Wildman–Crippen LogP) is 2.80. The average Bonchev–Trinajstić information content (AvgIpc) is 2.50. The van der Waals surface area contributed by atoms with E-state index < -0.39 is 0 Å². The van der Waals surface area contributed by atoms with E-state index in [0.717, 1.165) is 0 Å². The SMILES string of the molecule is [B]c1ccc(Oc2ccnc(Cl)c2)c(C(=O)N(CC)CC)c1. The summed E-state index contributed by atoms with van der Waals surface area (Å²) in [5.41, 5.74) is 0.937. The Kier molecular flexibility index (Phi) is 5.44. The topological polar surface area (TPSA) is 42.4 Å². The van der Waals surface area contributed by atoms with E-state index in [2.05, 4.69) is 4.98 Å². The lowest BCUT2D eigenvalue weighted by molar-refractivity contribution is 0.0770. The molecule has 2 aromatic rings. The first-order chi connectivity index (χ1) is 10.5. The van der Waals surface area contributed by atoms with E-state index >= 15 is 0 Å². The lowest BCUT2D eigenvalue weighted by Crippen LogP contribution is -2.31. The number of ether oxygens (including phenoxy) is 1. The summed E-state index contributed by atoms with van der Waals surface area (Å²) in [6.07, 6.45) is 1.54. The first-order valence-corrected chi connectivity index (χ1v) is 7.41. The maximum Gasteiger partial charge on any atom is 0.257 e. The van der Waals surface area contributed by atoms with Crippen LogP contribution in [0.25, 0.3) is 0 Å². The van der Waals surface area contributed by atoms with Gasteiger partial charge in [-0.2, -0.15) is 0 Å². The van der Waals surface area contributed by atoms with Gasteiger partial charge in [0.1, 0.15) is 24.5 Å². The standard InChI is InChI=1S/C16H16BClN2O2/c1-3-20(4-2)16(21)13-9-11(17)5-6-14(13)22-12-7-8-19-15(18)10-12/h5-10H,3-4H2,1-2H3. The average molecular weight is 315 g/mol. The number of benzene rings is 1. The highest BCUT2D eigenvalue weighted by Crippen LogP contribution is 2.26. The van der Waals surface area contributed by atoms with Gasteiger partial charge >= 0.3 is 0 Å². The monoisotopic (exact) mass is 314 g/mol. The van der Waals surface area contributed by atoms with Crippen molar-refractivity contribution >= 4 is 30.8 Å². The molecular weight excluding hydrogens is 298 g/mol. The van der Waals surface area contributed by atoms with Crippen molar-refractivity contribution in [3.8, 4) is 11.5 Å². The van der Waals surface area contributed by atoms with E-state index in [9.17, 15) is 4.79 Å². The van der Waals surface area contributed by atoms with Gasteiger partial charge in [0, 0.05) is 25.4 Å². The molecule has 6 heteroatoms.